The molecule has 0 aliphatic heterocycles. The van der Waals surface area contributed by atoms with E-state index < -0.39 is 11.6 Å². The molecule has 4 unspecified atom stereocenters. The van der Waals surface area contributed by atoms with Gasteiger partial charge in [-0.25, -0.2) is 0 Å². The van der Waals surface area contributed by atoms with Gasteiger partial charge in [0.15, 0.2) is 12.4 Å². The highest BCUT2D eigenvalue weighted by molar-refractivity contribution is 5.90. The molecule has 2 N–H and O–H groups in total. The van der Waals surface area contributed by atoms with Crippen molar-refractivity contribution in [1.29, 1.82) is 0 Å². The van der Waals surface area contributed by atoms with Crippen LogP contribution in [0.2, 0.25) is 0 Å². The first-order chi connectivity index (χ1) is 14.8. The van der Waals surface area contributed by atoms with E-state index in [0.717, 1.165) is 38.5 Å². The fraction of sp³-hybridized carbons (Fsp3) is 0.692. The maximum Gasteiger partial charge on any atom is 0.235 e. The van der Waals surface area contributed by atoms with Gasteiger partial charge in [-0.1, -0.05) is 31.6 Å². The number of allylic oxidation sites excluding steroid dienone is 1. The average Bonchev–Trinajstić information content (AvgIpc) is 3.01. The Kier molecular flexibility index (Phi) is 6.01. The number of hydrogen-bond acceptors (Lipinski definition) is 4. The Labute approximate surface area is 197 Å². The predicted molar refractivity (Wildman–Crippen MR) is 127 cm³/mol. The maximum atomic E-state index is 11.9. The molecule has 5 rings (SSSR count). The summed E-state index contributed by atoms with van der Waals surface area (Å²) in [7, 11) is 0. The molecule has 0 aromatic carbocycles. The summed E-state index contributed by atoms with van der Waals surface area (Å²) < 4.78 is 2.07. The summed E-state index contributed by atoms with van der Waals surface area (Å²) in [6.45, 7) is 6.52. The Morgan fingerprint density at radius 1 is 1.09 bits per heavy atom. The summed E-state index contributed by atoms with van der Waals surface area (Å²) in [5.41, 5.74) is 1.04. The van der Waals surface area contributed by atoms with Crippen LogP contribution in [0.4, 0.5) is 0 Å². The van der Waals surface area contributed by atoms with Crippen LogP contribution in [0.5, 0.6) is 0 Å². The lowest BCUT2D eigenvalue weighted by Crippen LogP contribution is -2.72. The molecular formula is C26H37ClN2O3. The first-order valence-corrected chi connectivity index (χ1v) is 12.0. The van der Waals surface area contributed by atoms with Crippen molar-refractivity contribution in [2.24, 2.45) is 33.7 Å². The lowest BCUT2D eigenvalue weighted by Gasteiger charge is -2.58. The van der Waals surface area contributed by atoms with E-state index in [1.807, 2.05) is 30.6 Å². The second-order valence-corrected chi connectivity index (χ2v) is 11.1. The van der Waals surface area contributed by atoms with Crippen LogP contribution in [0.25, 0.3) is 0 Å². The molecule has 8 atom stereocenters. The number of aliphatic hydroxyl groups excluding tert-OH is 2. The number of rotatable bonds is 2. The minimum atomic E-state index is -0.806. The molecule has 0 bridgehead atoms. The Bertz CT molecular complexity index is 921. The SMILES string of the molecule is C/C(=N\[O-])[C@@]1([n+]2ccccc2)[C@H](O)CC2C3CC=C4CC(O)CC[C@]4(C)C3CC[C@@]21C.Cl. The third kappa shape index (κ3) is 2.90. The number of aliphatic hydroxyl groups is 2. The largest absolute Gasteiger partial charge is 0.792 e. The van der Waals surface area contributed by atoms with Gasteiger partial charge < -0.3 is 20.6 Å². The predicted octanol–water partition coefficient (Wildman–Crippen LogP) is 4.34. The first-order valence-electron chi connectivity index (χ1n) is 12.0. The number of pyridine rings is 1. The topological polar surface area (TPSA) is 79.8 Å². The van der Waals surface area contributed by atoms with Gasteiger partial charge in [0.05, 0.1) is 11.8 Å². The molecular weight excluding hydrogens is 424 g/mol. The van der Waals surface area contributed by atoms with E-state index in [9.17, 15) is 15.4 Å². The Balaban J connectivity index is 0.00000245. The minimum absolute atomic E-state index is 0. The van der Waals surface area contributed by atoms with E-state index in [4.69, 9.17) is 0 Å². The van der Waals surface area contributed by atoms with Crippen molar-refractivity contribution in [1.82, 2.24) is 0 Å². The van der Waals surface area contributed by atoms with E-state index >= 15 is 0 Å². The zero-order chi connectivity index (χ0) is 22.0. The van der Waals surface area contributed by atoms with Crippen LogP contribution in [0.3, 0.4) is 0 Å². The molecule has 176 valence electrons. The quantitative estimate of drug-likeness (QED) is 0.298. The van der Waals surface area contributed by atoms with Crippen molar-refractivity contribution < 1.29 is 14.8 Å². The van der Waals surface area contributed by atoms with Crippen molar-refractivity contribution in [3.63, 3.8) is 0 Å². The normalized spacial score (nSPS) is 45.7. The molecule has 4 aliphatic carbocycles. The van der Waals surface area contributed by atoms with Gasteiger partial charge in [-0.3, -0.25) is 0 Å². The molecule has 4 aliphatic rings. The van der Waals surface area contributed by atoms with Crippen molar-refractivity contribution in [2.75, 3.05) is 0 Å². The van der Waals surface area contributed by atoms with E-state index in [-0.39, 0.29) is 29.3 Å². The number of nitrogens with zero attached hydrogens (tertiary/aromatic N) is 2. The van der Waals surface area contributed by atoms with Crippen LogP contribution < -0.4 is 4.57 Å². The highest BCUT2D eigenvalue weighted by atomic mass is 35.5. The molecule has 32 heavy (non-hydrogen) atoms. The highest BCUT2D eigenvalue weighted by Crippen LogP contribution is 2.68. The molecule has 0 saturated heterocycles. The maximum absolute atomic E-state index is 11.9. The molecule has 0 spiro atoms. The van der Waals surface area contributed by atoms with Crippen molar-refractivity contribution in [2.45, 2.75) is 83.5 Å². The number of fused-ring (bicyclic) bond motifs is 5. The van der Waals surface area contributed by atoms with Crippen molar-refractivity contribution in [3.8, 4) is 0 Å². The monoisotopic (exact) mass is 460 g/mol. The van der Waals surface area contributed by atoms with Gasteiger partial charge in [0.1, 0.15) is 6.10 Å². The summed E-state index contributed by atoms with van der Waals surface area (Å²) in [6, 6.07) is 5.91. The van der Waals surface area contributed by atoms with E-state index in [1.165, 1.54) is 5.57 Å². The third-order valence-electron chi connectivity index (χ3n) is 10.1. The van der Waals surface area contributed by atoms with E-state index in [0.29, 0.717) is 29.9 Å². The Morgan fingerprint density at radius 3 is 2.50 bits per heavy atom. The fourth-order valence-corrected chi connectivity index (χ4v) is 8.67. The molecule has 0 radical (unpaired) electrons. The van der Waals surface area contributed by atoms with Gasteiger partial charge in [0, 0.05) is 17.5 Å². The summed E-state index contributed by atoms with van der Waals surface area (Å²) >= 11 is 0. The molecule has 3 fully saturated rings. The molecule has 0 amide bonds. The molecule has 3 saturated carbocycles. The van der Waals surface area contributed by atoms with Gasteiger partial charge in [-0.05, 0) is 75.0 Å². The Morgan fingerprint density at radius 2 is 1.81 bits per heavy atom. The van der Waals surface area contributed by atoms with Gasteiger partial charge >= 0.3 is 0 Å². The number of hydrogen-bond donors (Lipinski definition) is 2. The second kappa shape index (κ2) is 8.11. The van der Waals surface area contributed by atoms with Crippen LogP contribution in [-0.2, 0) is 5.54 Å². The van der Waals surface area contributed by atoms with E-state index in [1.54, 1.807) is 6.92 Å². The summed E-state index contributed by atoms with van der Waals surface area (Å²) in [5.74, 6) is 1.39. The van der Waals surface area contributed by atoms with Crippen molar-refractivity contribution >= 4 is 18.1 Å². The van der Waals surface area contributed by atoms with Gasteiger partial charge in [0.25, 0.3) is 0 Å². The average molecular weight is 461 g/mol. The zero-order valence-corrected chi connectivity index (χ0v) is 20.2. The summed E-state index contributed by atoms with van der Waals surface area (Å²) in [6.07, 6.45) is 12.1. The molecule has 1 aromatic heterocycles. The summed E-state index contributed by atoms with van der Waals surface area (Å²) in [4.78, 5) is 0. The number of halogens is 1. The molecule has 1 heterocycles. The fourth-order valence-electron chi connectivity index (χ4n) is 8.67. The van der Waals surface area contributed by atoms with Crippen molar-refractivity contribution in [3.05, 3.63) is 47.4 Å². The lowest BCUT2D eigenvalue weighted by atomic mass is 9.46. The standard InChI is InChI=1S/C26H36N2O3.ClH/c1-17(27-31)26(28-13-5-4-6-14-28)23(30)16-22-20-8-7-18-15-19(29)9-11-24(18,2)21(20)10-12-25(22,26)3;/h4-7,13-14,19-23,29-30H,8-12,15-16H2,1-3H3;1H/b27-17+;/t19?,20?,21?,22?,23-,24+,25+,26-;/m1./s1. The van der Waals surface area contributed by atoms with Crippen LogP contribution in [0.15, 0.2) is 47.4 Å². The summed E-state index contributed by atoms with van der Waals surface area (Å²) in [5, 5.41) is 37.3. The van der Waals surface area contributed by atoms with Crippen LogP contribution >= 0.6 is 12.4 Å². The van der Waals surface area contributed by atoms with Crippen LogP contribution in [0, 0.1) is 33.8 Å². The molecule has 6 heteroatoms. The van der Waals surface area contributed by atoms with E-state index in [2.05, 4.69) is 29.6 Å². The van der Waals surface area contributed by atoms with Gasteiger partial charge in [-0.15, -0.1) is 12.4 Å². The zero-order valence-electron chi connectivity index (χ0n) is 19.4. The minimum Gasteiger partial charge on any atom is -0.792 e. The van der Waals surface area contributed by atoms with Crippen LogP contribution in [0.1, 0.15) is 65.7 Å². The second-order valence-electron chi connectivity index (χ2n) is 11.1. The van der Waals surface area contributed by atoms with Gasteiger partial charge in [-0.2, -0.15) is 4.57 Å². The molecule has 1 aromatic rings. The van der Waals surface area contributed by atoms with Gasteiger partial charge in [0.2, 0.25) is 5.54 Å². The Hall–Kier alpha value is -1.43. The molecule has 5 nitrogen and oxygen atoms in total. The third-order valence-corrected chi connectivity index (χ3v) is 10.1. The lowest BCUT2D eigenvalue weighted by molar-refractivity contribution is -0.766. The number of aromatic nitrogens is 1. The first kappa shape index (κ1) is 23.7. The smallest absolute Gasteiger partial charge is 0.235 e. The van der Waals surface area contributed by atoms with Crippen LogP contribution in [-0.4, -0.2) is 28.1 Å². The highest BCUT2D eigenvalue weighted by Gasteiger charge is 2.73.